The van der Waals surface area contributed by atoms with Crippen LogP contribution in [-0.2, 0) is 10.0 Å². The Morgan fingerprint density at radius 2 is 2.33 bits per heavy atom. The normalized spacial score (nSPS) is 22.2. The predicted octanol–water partition coefficient (Wildman–Crippen LogP) is 1.89. The van der Waals surface area contributed by atoms with E-state index in [1.54, 1.807) is 11.2 Å². The van der Waals surface area contributed by atoms with E-state index in [9.17, 15) is 8.42 Å². The molecular formula is C11H18ClN3O2S. The summed E-state index contributed by atoms with van der Waals surface area (Å²) >= 11 is 5.76. The van der Waals surface area contributed by atoms with E-state index in [0.717, 1.165) is 19.3 Å². The number of nitrogens with one attached hydrogen (secondary N) is 1. The van der Waals surface area contributed by atoms with Crippen LogP contribution >= 0.6 is 11.6 Å². The summed E-state index contributed by atoms with van der Waals surface area (Å²) in [6.07, 6.45) is 4.95. The smallest absolute Gasteiger partial charge is 0.260 e. The highest BCUT2D eigenvalue weighted by Gasteiger charge is 2.34. The lowest BCUT2D eigenvalue weighted by Gasteiger charge is -2.33. The van der Waals surface area contributed by atoms with Gasteiger partial charge in [0.2, 0.25) is 0 Å². The maximum absolute atomic E-state index is 12.5. The van der Waals surface area contributed by atoms with Crippen molar-refractivity contribution in [2.45, 2.75) is 43.7 Å². The number of halogens is 1. The van der Waals surface area contributed by atoms with E-state index in [2.05, 4.69) is 9.97 Å². The predicted molar refractivity (Wildman–Crippen MR) is 70.2 cm³/mol. The fraction of sp³-hybridized carbons (Fsp3) is 0.727. The van der Waals surface area contributed by atoms with E-state index in [-0.39, 0.29) is 11.1 Å². The van der Waals surface area contributed by atoms with Crippen LogP contribution in [0, 0.1) is 6.92 Å². The van der Waals surface area contributed by atoms with Gasteiger partial charge in [-0.05, 0) is 26.2 Å². The molecule has 0 amide bonds. The first-order valence-corrected chi connectivity index (χ1v) is 8.12. The summed E-state index contributed by atoms with van der Waals surface area (Å²) in [5, 5.41) is 0.182. The molecule has 1 fully saturated rings. The van der Waals surface area contributed by atoms with Crippen molar-refractivity contribution in [2.24, 2.45) is 0 Å². The number of hydrogen-bond donors (Lipinski definition) is 1. The average molecular weight is 292 g/mol. The first-order valence-electron chi connectivity index (χ1n) is 6.15. The van der Waals surface area contributed by atoms with Gasteiger partial charge in [0.15, 0.2) is 5.03 Å². The third-order valence-electron chi connectivity index (χ3n) is 3.28. The molecule has 18 heavy (non-hydrogen) atoms. The van der Waals surface area contributed by atoms with Crippen molar-refractivity contribution in [3.05, 3.63) is 12.0 Å². The van der Waals surface area contributed by atoms with Crippen molar-refractivity contribution in [1.29, 1.82) is 0 Å². The van der Waals surface area contributed by atoms with Crippen molar-refractivity contribution < 1.29 is 8.42 Å². The molecule has 1 atom stereocenters. The van der Waals surface area contributed by atoms with Gasteiger partial charge in [-0.25, -0.2) is 13.4 Å². The first-order chi connectivity index (χ1) is 8.55. The average Bonchev–Trinajstić information content (AvgIpc) is 2.78. The molecule has 102 valence electrons. The van der Waals surface area contributed by atoms with Gasteiger partial charge >= 0.3 is 0 Å². The molecule has 1 aliphatic heterocycles. The minimum absolute atomic E-state index is 0.0184. The highest BCUT2D eigenvalue weighted by Crippen LogP contribution is 2.26. The van der Waals surface area contributed by atoms with Gasteiger partial charge in [0, 0.05) is 18.5 Å². The summed E-state index contributed by atoms with van der Waals surface area (Å²) in [4.78, 5) is 6.76. The third kappa shape index (κ3) is 2.70. The van der Waals surface area contributed by atoms with E-state index >= 15 is 0 Å². The molecule has 2 heterocycles. The largest absolute Gasteiger partial charge is 0.332 e. The van der Waals surface area contributed by atoms with Gasteiger partial charge in [0.1, 0.15) is 5.82 Å². The highest BCUT2D eigenvalue weighted by molar-refractivity contribution is 7.89. The lowest BCUT2D eigenvalue weighted by atomic mass is 10.0. The fourth-order valence-electron chi connectivity index (χ4n) is 2.36. The van der Waals surface area contributed by atoms with Gasteiger partial charge in [-0.15, -0.1) is 11.6 Å². The van der Waals surface area contributed by atoms with E-state index in [1.165, 1.54) is 6.20 Å². The number of piperidine rings is 1. The Hall–Kier alpha value is -0.590. The van der Waals surface area contributed by atoms with Crippen LogP contribution in [0.25, 0.3) is 0 Å². The van der Waals surface area contributed by atoms with Crippen LogP contribution < -0.4 is 0 Å². The van der Waals surface area contributed by atoms with Crippen LogP contribution in [0.1, 0.15) is 31.5 Å². The zero-order valence-corrected chi connectivity index (χ0v) is 12.0. The van der Waals surface area contributed by atoms with Crippen LogP contribution in [0.2, 0.25) is 0 Å². The van der Waals surface area contributed by atoms with Crippen LogP contribution in [0.15, 0.2) is 11.2 Å². The fourth-order valence-corrected chi connectivity index (χ4v) is 4.30. The molecule has 7 heteroatoms. The van der Waals surface area contributed by atoms with Gasteiger partial charge in [-0.1, -0.05) is 6.42 Å². The molecular weight excluding hydrogens is 274 g/mol. The lowest BCUT2D eigenvalue weighted by Crippen LogP contribution is -2.43. The molecule has 1 saturated heterocycles. The minimum Gasteiger partial charge on any atom is -0.332 e. The van der Waals surface area contributed by atoms with Crippen molar-refractivity contribution in [3.63, 3.8) is 0 Å². The van der Waals surface area contributed by atoms with Gasteiger partial charge in [0.25, 0.3) is 10.0 Å². The molecule has 1 unspecified atom stereocenters. The number of hydrogen-bond acceptors (Lipinski definition) is 3. The van der Waals surface area contributed by atoms with Crippen molar-refractivity contribution in [3.8, 4) is 0 Å². The molecule has 0 aromatic carbocycles. The van der Waals surface area contributed by atoms with Gasteiger partial charge in [-0.2, -0.15) is 4.31 Å². The topological polar surface area (TPSA) is 66.1 Å². The molecule has 2 rings (SSSR count). The van der Waals surface area contributed by atoms with E-state index in [0.29, 0.717) is 24.7 Å². The zero-order valence-electron chi connectivity index (χ0n) is 10.4. The standard InChI is InChI=1S/C11H18ClN3O2S/c1-9-13-8-11(14-9)18(16,17)15-7-3-2-4-10(15)5-6-12/h8,10H,2-7H2,1H3,(H,13,14). The van der Waals surface area contributed by atoms with Crippen LogP contribution in [0.4, 0.5) is 0 Å². The second-order valence-electron chi connectivity index (χ2n) is 4.58. The van der Waals surface area contributed by atoms with Crippen LogP contribution in [-0.4, -0.2) is 41.2 Å². The van der Waals surface area contributed by atoms with Gasteiger partial charge < -0.3 is 4.98 Å². The number of aromatic amines is 1. The number of aryl methyl sites for hydroxylation is 1. The Kier molecular flexibility index (Phi) is 4.29. The number of nitrogens with zero attached hydrogens (tertiary/aromatic N) is 2. The molecule has 1 aromatic rings. The zero-order chi connectivity index (χ0) is 13.2. The first kappa shape index (κ1) is 13.8. The Balaban J connectivity index is 2.27. The second-order valence-corrected chi connectivity index (χ2v) is 6.81. The molecule has 0 aliphatic carbocycles. The maximum atomic E-state index is 12.5. The summed E-state index contributed by atoms with van der Waals surface area (Å²) in [5.41, 5.74) is 0. The van der Waals surface area contributed by atoms with Crippen LogP contribution in [0.5, 0.6) is 0 Å². The molecule has 0 saturated carbocycles. The lowest BCUT2D eigenvalue weighted by molar-refractivity contribution is 0.247. The molecule has 1 N–H and O–H groups in total. The second kappa shape index (κ2) is 5.59. The van der Waals surface area contributed by atoms with E-state index < -0.39 is 10.0 Å². The van der Waals surface area contributed by atoms with Crippen LogP contribution in [0.3, 0.4) is 0 Å². The SMILES string of the molecule is Cc1ncc(S(=O)(=O)N2CCCCC2CCCl)[nH]1. The number of aromatic nitrogens is 2. The monoisotopic (exact) mass is 291 g/mol. The van der Waals surface area contributed by atoms with Gasteiger partial charge in [-0.3, -0.25) is 0 Å². The highest BCUT2D eigenvalue weighted by atomic mass is 35.5. The Morgan fingerprint density at radius 3 is 2.94 bits per heavy atom. The Bertz CT molecular complexity index is 498. The van der Waals surface area contributed by atoms with E-state index in [4.69, 9.17) is 11.6 Å². The minimum atomic E-state index is -3.46. The quantitative estimate of drug-likeness (QED) is 0.862. The summed E-state index contributed by atoms with van der Waals surface area (Å²) in [5.74, 6) is 1.10. The Morgan fingerprint density at radius 1 is 1.56 bits per heavy atom. The molecule has 0 radical (unpaired) electrons. The number of alkyl halides is 1. The molecule has 1 aromatic heterocycles. The molecule has 0 bridgehead atoms. The molecule has 5 nitrogen and oxygen atoms in total. The summed E-state index contributed by atoms with van der Waals surface area (Å²) in [6, 6.07) is 0.0184. The van der Waals surface area contributed by atoms with Crippen molar-refractivity contribution >= 4 is 21.6 Å². The number of sulfonamides is 1. The number of rotatable bonds is 4. The third-order valence-corrected chi connectivity index (χ3v) is 5.36. The van der Waals surface area contributed by atoms with E-state index in [1.807, 2.05) is 0 Å². The molecule has 1 aliphatic rings. The molecule has 0 spiro atoms. The summed E-state index contributed by atoms with van der Waals surface area (Å²) < 4.78 is 26.6. The maximum Gasteiger partial charge on any atom is 0.260 e. The van der Waals surface area contributed by atoms with Gasteiger partial charge in [0.05, 0.1) is 6.20 Å². The number of imidazole rings is 1. The van der Waals surface area contributed by atoms with Crippen molar-refractivity contribution in [2.75, 3.05) is 12.4 Å². The Labute approximate surface area is 113 Å². The summed E-state index contributed by atoms with van der Waals surface area (Å²) in [7, 11) is -3.46. The number of H-pyrrole nitrogens is 1. The summed E-state index contributed by atoms with van der Waals surface area (Å²) in [6.45, 7) is 2.31. The van der Waals surface area contributed by atoms with Crippen molar-refractivity contribution in [1.82, 2.24) is 14.3 Å².